The molecule has 8 heteroatoms. The Hall–Kier alpha value is -2.29. The van der Waals surface area contributed by atoms with Gasteiger partial charge in [-0.1, -0.05) is 0 Å². The van der Waals surface area contributed by atoms with Crippen molar-refractivity contribution in [3.63, 3.8) is 0 Å². The quantitative estimate of drug-likeness (QED) is 0.546. The Bertz CT molecular complexity index is 802. The Morgan fingerprint density at radius 3 is 2.61 bits per heavy atom. The van der Waals surface area contributed by atoms with Gasteiger partial charge in [0.1, 0.15) is 0 Å². The molecule has 1 atom stereocenters. The molecule has 1 aromatic carbocycles. The van der Waals surface area contributed by atoms with Crippen molar-refractivity contribution in [2.45, 2.75) is 13.0 Å². The van der Waals surface area contributed by atoms with Crippen LogP contribution in [0.3, 0.4) is 0 Å². The lowest BCUT2D eigenvalue weighted by Gasteiger charge is -2.33. The van der Waals surface area contributed by atoms with Crippen molar-refractivity contribution >= 4 is 23.0 Å². The number of aliphatic imine (C=N–C) groups is 1. The highest BCUT2D eigenvalue weighted by atomic mass is 32.1. The van der Waals surface area contributed by atoms with Gasteiger partial charge < -0.3 is 25.3 Å². The highest BCUT2D eigenvalue weighted by Crippen LogP contribution is 2.30. The first-order valence-corrected chi connectivity index (χ1v) is 10.1. The van der Waals surface area contributed by atoms with Gasteiger partial charge in [0.2, 0.25) is 0 Å². The topological polar surface area (TPSA) is 81.3 Å². The van der Waals surface area contributed by atoms with Gasteiger partial charge >= 0.3 is 0 Å². The number of guanidine groups is 1. The summed E-state index contributed by atoms with van der Waals surface area (Å²) in [6, 6.07) is 10.1. The lowest BCUT2D eigenvalue weighted by atomic mass is 10.2. The summed E-state index contributed by atoms with van der Waals surface area (Å²) in [5.74, 6) is 1.68. The van der Waals surface area contributed by atoms with Crippen molar-refractivity contribution in [3.8, 4) is 11.5 Å². The van der Waals surface area contributed by atoms with Crippen molar-refractivity contribution in [2.75, 3.05) is 52.4 Å². The Kier molecular flexibility index (Phi) is 7.13. The number of methoxy groups -OCH3 is 2. The zero-order chi connectivity index (χ0) is 19.9. The predicted molar refractivity (Wildman–Crippen MR) is 114 cm³/mol. The molecule has 3 rings (SSSR count). The second kappa shape index (κ2) is 9.77. The van der Waals surface area contributed by atoms with Crippen LogP contribution in [0.1, 0.15) is 15.8 Å². The lowest BCUT2D eigenvalue weighted by Crippen LogP contribution is -2.40. The Labute approximate surface area is 170 Å². The molecule has 152 valence electrons. The summed E-state index contributed by atoms with van der Waals surface area (Å²) in [5.41, 5.74) is 6.96. The molecule has 1 unspecified atom stereocenters. The number of aryl methyl sites for hydroxylation is 1. The molecule has 0 aliphatic carbocycles. The fraction of sp³-hybridized carbons (Fsp3) is 0.450. The standard InChI is InChI=1S/C20H28N4O3S/c1-14-4-7-19(28-14)16(24-8-10-27-11-9-24)13-22-20(21)23-15-5-6-17(25-2)18(12-15)26-3/h4-7,12,16H,8-11,13H2,1-3H3,(H3,21,22,23). The van der Waals surface area contributed by atoms with Gasteiger partial charge in [0.05, 0.1) is 40.0 Å². The van der Waals surface area contributed by atoms with Crippen LogP contribution in [0.25, 0.3) is 0 Å². The largest absolute Gasteiger partial charge is 0.493 e. The maximum Gasteiger partial charge on any atom is 0.193 e. The molecule has 0 spiro atoms. The zero-order valence-corrected chi connectivity index (χ0v) is 17.4. The maximum absolute atomic E-state index is 6.16. The smallest absolute Gasteiger partial charge is 0.193 e. The van der Waals surface area contributed by atoms with Crippen LogP contribution in [0.15, 0.2) is 35.3 Å². The number of ether oxygens (including phenoxy) is 3. The second-order valence-electron chi connectivity index (χ2n) is 6.53. The first-order chi connectivity index (χ1) is 13.6. The van der Waals surface area contributed by atoms with Gasteiger partial charge in [0, 0.05) is 34.6 Å². The van der Waals surface area contributed by atoms with Crippen LogP contribution >= 0.6 is 11.3 Å². The first-order valence-electron chi connectivity index (χ1n) is 9.28. The summed E-state index contributed by atoms with van der Waals surface area (Å²) in [5, 5.41) is 3.14. The first kappa shape index (κ1) is 20.4. The number of rotatable bonds is 7. The highest BCUT2D eigenvalue weighted by molar-refractivity contribution is 7.12. The molecule has 0 bridgehead atoms. The summed E-state index contributed by atoms with van der Waals surface area (Å²) >= 11 is 1.81. The van der Waals surface area contributed by atoms with Crippen LogP contribution in [0.2, 0.25) is 0 Å². The number of morpholine rings is 1. The molecule has 0 radical (unpaired) electrons. The summed E-state index contributed by atoms with van der Waals surface area (Å²) in [7, 11) is 3.22. The molecule has 1 fully saturated rings. The van der Waals surface area contributed by atoms with E-state index >= 15 is 0 Å². The lowest BCUT2D eigenvalue weighted by molar-refractivity contribution is 0.0187. The molecule has 3 N–H and O–H groups in total. The average molecular weight is 405 g/mol. The van der Waals surface area contributed by atoms with Crippen LogP contribution < -0.4 is 20.5 Å². The molecule has 0 saturated carbocycles. The van der Waals surface area contributed by atoms with Gasteiger partial charge in [0.25, 0.3) is 0 Å². The second-order valence-corrected chi connectivity index (χ2v) is 7.85. The van der Waals surface area contributed by atoms with Crippen molar-refractivity contribution in [2.24, 2.45) is 10.7 Å². The molecular weight excluding hydrogens is 376 g/mol. The van der Waals surface area contributed by atoms with Crippen LogP contribution in [0, 0.1) is 6.92 Å². The maximum atomic E-state index is 6.16. The molecular formula is C20H28N4O3S. The minimum Gasteiger partial charge on any atom is -0.493 e. The summed E-state index contributed by atoms with van der Waals surface area (Å²) in [6.45, 7) is 6.03. The Morgan fingerprint density at radius 2 is 1.96 bits per heavy atom. The third kappa shape index (κ3) is 5.15. The van der Waals surface area contributed by atoms with Gasteiger partial charge in [0.15, 0.2) is 17.5 Å². The van der Waals surface area contributed by atoms with Gasteiger partial charge in [-0.15, -0.1) is 11.3 Å². The number of hydrogen-bond donors (Lipinski definition) is 2. The molecule has 1 aromatic heterocycles. The monoisotopic (exact) mass is 404 g/mol. The molecule has 28 heavy (non-hydrogen) atoms. The van der Waals surface area contributed by atoms with E-state index in [0.717, 1.165) is 32.0 Å². The van der Waals surface area contributed by atoms with Crippen molar-refractivity contribution in [1.29, 1.82) is 0 Å². The molecule has 0 amide bonds. The number of nitrogens with zero attached hydrogens (tertiary/aromatic N) is 2. The molecule has 2 aromatic rings. The molecule has 1 aliphatic heterocycles. The molecule has 1 aliphatic rings. The Morgan fingerprint density at radius 1 is 1.21 bits per heavy atom. The van der Waals surface area contributed by atoms with Crippen molar-refractivity contribution < 1.29 is 14.2 Å². The van der Waals surface area contributed by atoms with E-state index in [1.807, 2.05) is 29.5 Å². The fourth-order valence-corrected chi connectivity index (χ4v) is 4.20. The predicted octanol–water partition coefficient (Wildman–Crippen LogP) is 2.87. The van der Waals surface area contributed by atoms with E-state index in [2.05, 4.69) is 34.3 Å². The van der Waals surface area contributed by atoms with E-state index in [1.165, 1.54) is 9.75 Å². The van der Waals surface area contributed by atoms with E-state index in [-0.39, 0.29) is 6.04 Å². The fourth-order valence-electron chi connectivity index (χ4n) is 3.19. The van der Waals surface area contributed by atoms with Crippen LogP contribution in [-0.2, 0) is 4.74 Å². The summed E-state index contributed by atoms with van der Waals surface area (Å²) < 4.78 is 16.1. The minimum atomic E-state index is 0.202. The van der Waals surface area contributed by atoms with Gasteiger partial charge in [-0.05, 0) is 31.2 Å². The van der Waals surface area contributed by atoms with Crippen molar-refractivity contribution in [1.82, 2.24) is 4.90 Å². The summed E-state index contributed by atoms with van der Waals surface area (Å²) in [6.07, 6.45) is 0. The number of nitrogens with two attached hydrogens (primary N) is 1. The van der Waals surface area contributed by atoms with E-state index in [1.54, 1.807) is 14.2 Å². The SMILES string of the molecule is COc1ccc(NC(N)=NCC(c2ccc(C)s2)N2CCOCC2)cc1OC. The summed E-state index contributed by atoms with van der Waals surface area (Å²) in [4.78, 5) is 9.64. The highest BCUT2D eigenvalue weighted by Gasteiger charge is 2.23. The van der Waals surface area contributed by atoms with Crippen LogP contribution in [-0.4, -0.2) is 57.9 Å². The zero-order valence-electron chi connectivity index (χ0n) is 16.6. The third-order valence-corrected chi connectivity index (χ3v) is 5.77. The Balaban J connectivity index is 1.71. The van der Waals surface area contributed by atoms with Crippen LogP contribution in [0.4, 0.5) is 5.69 Å². The van der Waals surface area contributed by atoms with Crippen molar-refractivity contribution in [3.05, 3.63) is 40.1 Å². The van der Waals surface area contributed by atoms with Gasteiger partial charge in [-0.25, -0.2) is 0 Å². The number of benzene rings is 1. The number of anilines is 1. The minimum absolute atomic E-state index is 0.202. The number of nitrogens with one attached hydrogen (secondary N) is 1. The van der Waals surface area contributed by atoms with Gasteiger partial charge in [-0.2, -0.15) is 0 Å². The van der Waals surface area contributed by atoms with E-state index in [0.29, 0.717) is 24.0 Å². The van der Waals surface area contributed by atoms with E-state index < -0.39 is 0 Å². The molecule has 7 nitrogen and oxygen atoms in total. The number of thiophene rings is 1. The third-order valence-electron chi connectivity index (χ3n) is 4.67. The van der Waals surface area contributed by atoms with Gasteiger partial charge in [-0.3, -0.25) is 9.89 Å². The van der Waals surface area contributed by atoms with Crippen LogP contribution in [0.5, 0.6) is 11.5 Å². The molecule has 2 heterocycles. The van der Waals surface area contributed by atoms with E-state index in [4.69, 9.17) is 19.9 Å². The number of hydrogen-bond acceptors (Lipinski definition) is 6. The average Bonchev–Trinajstić information content (AvgIpc) is 3.14. The normalized spacial score (nSPS) is 16.6. The molecule has 1 saturated heterocycles. The van der Waals surface area contributed by atoms with E-state index in [9.17, 15) is 0 Å².